The molecule has 1 aromatic carbocycles. The van der Waals surface area contributed by atoms with Gasteiger partial charge < -0.3 is 14.4 Å². The van der Waals surface area contributed by atoms with Gasteiger partial charge in [0.1, 0.15) is 17.1 Å². The summed E-state index contributed by atoms with van der Waals surface area (Å²) in [6, 6.07) is 10.5. The van der Waals surface area contributed by atoms with Crippen LogP contribution in [0, 0.1) is 0 Å². The maximum absolute atomic E-state index is 13.3. The van der Waals surface area contributed by atoms with Gasteiger partial charge in [-0.2, -0.15) is 0 Å². The summed E-state index contributed by atoms with van der Waals surface area (Å²) in [7, 11) is 6.16. The van der Waals surface area contributed by atoms with E-state index < -0.39 is 11.5 Å². The van der Waals surface area contributed by atoms with Crippen LogP contribution in [0.15, 0.2) is 47.4 Å². The van der Waals surface area contributed by atoms with Crippen LogP contribution in [0.4, 0.5) is 0 Å². The van der Waals surface area contributed by atoms with Crippen LogP contribution in [-0.4, -0.2) is 48.7 Å². The Kier molecular flexibility index (Phi) is 4.62. The molecule has 2 heterocycles. The summed E-state index contributed by atoms with van der Waals surface area (Å²) in [6.07, 6.45) is 1.59. The zero-order valence-corrected chi connectivity index (χ0v) is 15.0. The molecule has 0 aliphatic heterocycles. The number of hydrogen-bond acceptors (Lipinski definition) is 5. The third-order valence-corrected chi connectivity index (χ3v) is 4.02. The van der Waals surface area contributed by atoms with Gasteiger partial charge in [-0.25, -0.2) is 4.98 Å². The molecule has 3 rings (SSSR count). The fraction of sp³-hybridized carbons (Fsp3) is 0.211. The van der Waals surface area contributed by atoms with Gasteiger partial charge in [0, 0.05) is 26.4 Å². The van der Waals surface area contributed by atoms with Crippen molar-refractivity contribution in [2.24, 2.45) is 0 Å². The molecule has 7 nitrogen and oxygen atoms in total. The quantitative estimate of drug-likeness (QED) is 0.718. The van der Waals surface area contributed by atoms with Gasteiger partial charge >= 0.3 is 0 Å². The minimum atomic E-state index is -0.500. The van der Waals surface area contributed by atoms with Crippen molar-refractivity contribution in [1.82, 2.24) is 14.5 Å². The number of carbonyl (C=O) groups is 1. The lowest BCUT2D eigenvalue weighted by atomic mass is 10.1. The van der Waals surface area contributed by atoms with Crippen molar-refractivity contribution >= 4 is 16.9 Å². The van der Waals surface area contributed by atoms with Crippen LogP contribution in [0.2, 0.25) is 0 Å². The number of hydrogen-bond donors (Lipinski definition) is 0. The first kappa shape index (κ1) is 17.5. The van der Waals surface area contributed by atoms with Crippen molar-refractivity contribution in [3.8, 4) is 17.2 Å². The van der Waals surface area contributed by atoms with E-state index in [2.05, 4.69) is 4.98 Å². The molecule has 0 N–H and O–H groups in total. The molecule has 2 aromatic heterocycles. The van der Waals surface area contributed by atoms with Crippen LogP contribution in [0.3, 0.4) is 0 Å². The smallest absolute Gasteiger partial charge is 0.273 e. The molecule has 0 atom stereocenters. The predicted octanol–water partition coefficient (Wildman–Crippen LogP) is 2.10. The van der Waals surface area contributed by atoms with Gasteiger partial charge in [0.25, 0.3) is 11.5 Å². The highest BCUT2D eigenvalue weighted by molar-refractivity contribution is 6.02. The number of aromatic nitrogens is 2. The zero-order chi connectivity index (χ0) is 18.8. The average Bonchev–Trinajstić information content (AvgIpc) is 2.66. The second kappa shape index (κ2) is 6.87. The summed E-state index contributed by atoms with van der Waals surface area (Å²) >= 11 is 0. The molecule has 7 heteroatoms. The molecular weight excluding hydrogens is 334 g/mol. The van der Waals surface area contributed by atoms with Crippen LogP contribution in [0.5, 0.6) is 11.5 Å². The van der Waals surface area contributed by atoms with Crippen molar-refractivity contribution in [1.29, 1.82) is 0 Å². The third kappa shape index (κ3) is 2.77. The van der Waals surface area contributed by atoms with Gasteiger partial charge in [-0.3, -0.25) is 14.2 Å². The predicted molar refractivity (Wildman–Crippen MR) is 98.5 cm³/mol. The maximum atomic E-state index is 13.3. The second-order valence-electron chi connectivity index (χ2n) is 5.82. The Morgan fingerprint density at radius 2 is 1.88 bits per heavy atom. The van der Waals surface area contributed by atoms with Crippen molar-refractivity contribution in [2.75, 3.05) is 28.3 Å². The highest BCUT2D eigenvalue weighted by atomic mass is 16.5. The molecule has 0 spiro atoms. The first-order valence-electron chi connectivity index (χ1n) is 7.93. The van der Waals surface area contributed by atoms with Crippen LogP contribution in [0.1, 0.15) is 10.4 Å². The number of ether oxygens (including phenoxy) is 2. The van der Waals surface area contributed by atoms with Crippen LogP contribution in [0.25, 0.3) is 16.7 Å². The Morgan fingerprint density at radius 1 is 1.12 bits per heavy atom. The summed E-state index contributed by atoms with van der Waals surface area (Å²) in [5.74, 6) is 0.375. The van der Waals surface area contributed by atoms with E-state index in [-0.39, 0.29) is 11.3 Å². The van der Waals surface area contributed by atoms with Crippen molar-refractivity contribution < 1.29 is 14.3 Å². The lowest BCUT2D eigenvalue weighted by Gasteiger charge is -2.18. The second-order valence-corrected chi connectivity index (χ2v) is 5.82. The summed E-state index contributed by atoms with van der Waals surface area (Å²) in [6.45, 7) is 0. The lowest BCUT2D eigenvalue weighted by molar-refractivity contribution is 0.0822. The first-order chi connectivity index (χ1) is 12.5. The largest absolute Gasteiger partial charge is 0.497 e. The SMILES string of the molecule is COc1cccc(-n2c(=O)c(C(=O)N(C)C)c(OC)c3cccnc32)c1. The molecule has 0 aliphatic carbocycles. The topological polar surface area (TPSA) is 73.7 Å². The molecule has 0 bridgehead atoms. The molecule has 0 aliphatic rings. The molecule has 26 heavy (non-hydrogen) atoms. The number of rotatable bonds is 4. The van der Waals surface area contributed by atoms with E-state index in [4.69, 9.17) is 9.47 Å². The standard InChI is InChI=1S/C19H19N3O4/c1-21(2)18(23)15-16(26-4)14-9-6-10-20-17(14)22(19(15)24)12-7-5-8-13(11-12)25-3/h5-11H,1-4H3. The van der Waals surface area contributed by atoms with E-state index >= 15 is 0 Å². The van der Waals surface area contributed by atoms with Crippen LogP contribution in [-0.2, 0) is 0 Å². The van der Waals surface area contributed by atoms with E-state index in [1.54, 1.807) is 63.8 Å². The average molecular weight is 353 g/mol. The van der Waals surface area contributed by atoms with E-state index in [0.717, 1.165) is 0 Å². The Labute approximate surface area is 150 Å². The number of pyridine rings is 2. The van der Waals surface area contributed by atoms with Gasteiger partial charge in [0.2, 0.25) is 0 Å². The van der Waals surface area contributed by atoms with Gasteiger partial charge in [0.05, 0.1) is 25.3 Å². The normalized spacial score (nSPS) is 10.6. The number of carbonyl (C=O) groups excluding carboxylic acids is 1. The van der Waals surface area contributed by atoms with E-state index in [1.165, 1.54) is 16.6 Å². The number of methoxy groups -OCH3 is 2. The van der Waals surface area contributed by atoms with E-state index in [9.17, 15) is 9.59 Å². The Bertz CT molecular complexity index is 1040. The molecule has 0 radical (unpaired) electrons. The molecule has 3 aromatic rings. The maximum Gasteiger partial charge on any atom is 0.273 e. The summed E-state index contributed by atoms with van der Waals surface area (Å²) in [4.78, 5) is 31.6. The van der Waals surface area contributed by atoms with Crippen molar-refractivity contribution in [3.63, 3.8) is 0 Å². The number of amides is 1. The molecule has 0 saturated heterocycles. The fourth-order valence-corrected chi connectivity index (χ4v) is 2.81. The van der Waals surface area contributed by atoms with Crippen molar-refractivity contribution in [2.45, 2.75) is 0 Å². The number of benzene rings is 1. The number of fused-ring (bicyclic) bond motifs is 1. The molecule has 0 unspecified atom stereocenters. The molecule has 0 saturated carbocycles. The Morgan fingerprint density at radius 3 is 2.54 bits per heavy atom. The molecule has 0 fully saturated rings. The number of nitrogens with zero attached hydrogens (tertiary/aromatic N) is 3. The minimum absolute atomic E-state index is 0.0409. The van der Waals surface area contributed by atoms with E-state index in [0.29, 0.717) is 22.5 Å². The minimum Gasteiger partial charge on any atom is -0.497 e. The molecule has 1 amide bonds. The van der Waals surface area contributed by atoms with Gasteiger partial charge in [0.15, 0.2) is 5.65 Å². The van der Waals surface area contributed by atoms with Gasteiger partial charge in [-0.15, -0.1) is 0 Å². The summed E-state index contributed by atoms with van der Waals surface area (Å²) in [5, 5.41) is 0.572. The summed E-state index contributed by atoms with van der Waals surface area (Å²) < 4.78 is 12.1. The van der Waals surface area contributed by atoms with E-state index in [1.807, 2.05) is 0 Å². The fourth-order valence-electron chi connectivity index (χ4n) is 2.81. The van der Waals surface area contributed by atoms with Crippen molar-refractivity contribution in [3.05, 3.63) is 58.5 Å². The molecule has 134 valence electrons. The Balaban J connectivity index is 2.48. The van der Waals surface area contributed by atoms with Crippen LogP contribution < -0.4 is 15.0 Å². The first-order valence-corrected chi connectivity index (χ1v) is 7.93. The van der Waals surface area contributed by atoms with Gasteiger partial charge in [-0.1, -0.05) is 6.07 Å². The summed E-state index contributed by atoms with van der Waals surface area (Å²) in [5.41, 5.74) is 0.409. The Hall–Kier alpha value is -3.35. The zero-order valence-electron chi connectivity index (χ0n) is 15.0. The highest BCUT2D eigenvalue weighted by Gasteiger charge is 2.25. The van der Waals surface area contributed by atoms with Crippen LogP contribution >= 0.6 is 0 Å². The van der Waals surface area contributed by atoms with Gasteiger partial charge in [-0.05, 0) is 24.3 Å². The lowest BCUT2D eigenvalue weighted by Crippen LogP contribution is -2.33. The highest BCUT2D eigenvalue weighted by Crippen LogP contribution is 2.29. The molecular formula is C19H19N3O4. The monoisotopic (exact) mass is 353 g/mol. The third-order valence-electron chi connectivity index (χ3n) is 4.02.